The third-order valence-corrected chi connectivity index (χ3v) is 4.26. The van der Waals surface area contributed by atoms with E-state index in [0.29, 0.717) is 18.6 Å². The van der Waals surface area contributed by atoms with Gasteiger partial charge in [0.05, 0.1) is 20.3 Å². The average molecular weight is 346 g/mol. The van der Waals surface area contributed by atoms with Crippen molar-refractivity contribution >= 4 is 11.9 Å². The maximum Gasteiger partial charge on any atom is 0.342 e. The van der Waals surface area contributed by atoms with Gasteiger partial charge in [-0.3, -0.25) is 4.79 Å². The van der Waals surface area contributed by atoms with Gasteiger partial charge in [-0.15, -0.1) is 0 Å². The van der Waals surface area contributed by atoms with E-state index in [1.54, 1.807) is 12.1 Å². The number of methoxy groups -OCH3 is 2. The maximum absolute atomic E-state index is 12.2. The predicted molar refractivity (Wildman–Crippen MR) is 89.4 cm³/mol. The molecule has 0 unspecified atom stereocenters. The monoisotopic (exact) mass is 346 g/mol. The number of amides is 1. The molecule has 0 atom stereocenters. The van der Waals surface area contributed by atoms with Crippen molar-refractivity contribution in [3.05, 3.63) is 23.8 Å². The third kappa shape index (κ3) is 4.41. The number of nitrogens with one attached hydrogen (secondary N) is 1. The van der Waals surface area contributed by atoms with Gasteiger partial charge in [0, 0.05) is 0 Å². The summed E-state index contributed by atoms with van der Waals surface area (Å²) in [6, 6.07) is 7.00. The first-order valence-electron chi connectivity index (χ1n) is 8.15. The molecule has 7 heteroatoms. The van der Waals surface area contributed by atoms with Crippen LogP contribution in [-0.2, 0) is 9.53 Å². The minimum Gasteiger partial charge on any atom is -0.493 e. The first-order valence-corrected chi connectivity index (χ1v) is 8.15. The average Bonchev–Trinajstić information content (AvgIpc) is 2.66. The molecule has 7 nitrogen and oxygen atoms in total. The number of hydrogen-bond donors (Lipinski definition) is 1. The van der Waals surface area contributed by atoms with Crippen LogP contribution in [0.4, 0.5) is 0 Å². The van der Waals surface area contributed by atoms with Gasteiger partial charge < -0.3 is 19.5 Å². The van der Waals surface area contributed by atoms with E-state index < -0.39 is 24.0 Å². The summed E-state index contributed by atoms with van der Waals surface area (Å²) in [7, 11) is 2.88. The fourth-order valence-electron chi connectivity index (χ4n) is 2.98. The third-order valence-electron chi connectivity index (χ3n) is 4.26. The Labute approximate surface area is 146 Å². The Morgan fingerprint density at radius 1 is 1.20 bits per heavy atom. The number of carbonyl (C=O) groups is 2. The Morgan fingerprint density at radius 3 is 2.52 bits per heavy atom. The highest BCUT2D eigenvalue weighted by Gasteiger charge is 2.33. The molecule has 1 fully saturated rings. The van der Waals surface area contributed by atoms with Gasteiger partial charge in [-0.25, -0.2) is 4.79 Å². The van der Waals surface area contributed by atoms with Crippen LogP contribution in [0, 0.1) is 11.3 Å². The molecule has 1 amide bonds. The molecule has 1 aliphatic rings. The van der Waals surface area contributed by atoms with Crippen molar-refractivity contribution in [2.24, 2.45) is 0 Å². The topological polar surface area (TPSA) is 97.6 Å². The standard InChI is InChI=1S/C18H22N2O5/c1-23-14-8-6-7-13(16(14)24-2)17(22)25-11-15(21)20-18(12-19)9-4-3-5-10-18/h6-8H,3-5,9-11H2,1-2H3,(H,20,21). The van der Waals surface area contributed by atoms with Crippen LogP contribution in [0.1, 0.15) is 42.5 Å². The van der Waals surface area contributed by atoms with Crippen molar-refractivity contribution in [3.63, 3.8) is 0 Å². The number of rotatable bonds is 6. The summed E-state index contributed by atoms with van der Waals surface area (Å²) >= 11 is 0. The molecule has 1 aromatic carbocycles. The Kier molecular flexibility index (Phi) is 6.23. The molecule has 134 valence electrons. The van der Waals surface area contributed by atoms with E-state index in [1.807, 2.05) is 0 Å². The second-order valence-corrected chi connectivity index (χ2v) is 5.92. The quantitative estimate of drug-likeness (QED) is 0.793. The van der Waals surface area contributed by atoms with E-state index in [-0.39, 0.29) is 11.3 Å². The summed E-state index contributed by atoms with van der Waals surface area (Å²) in [5.74, 6) is -0.539. The molecule has 2 rings (SSSR count). The Bertz CT molecular complexity index is 675. The second-order valence-electron chi connectivity index (χ2n) is 5.92. The van der Waals surface area contributed by atoms with Gasteiger partial charge in [0.25, 0.3) is 5.91 Å². The van der Waals surface area contributed by atoms with Crippen LogP contribution in [0.15, 0.2) is 18.2 Å². The summed E-state index contributed by atoms with van der Waals surface area (Å²) in [5.41, 5.74) is -0.683. The van der Waals surface area contributed by atoms with Crippen LogP contribution < -0.4 is 14.8 Å². The number of para-hydroxylation sites is 1. The summed E-state index contributed by atoms with van der Waals surface area (Å²) in [6.07, 6.45) is 4.09. The fourth-order valence-corrected chi connectivity index (χ4v) is 2.98. The number of hydrogen-bond acceptors (Lipinski definition) is 6. The SMILES string of the molecule is COc1cccc(C(=O)OCC(=O)NC2(C#N)CCCCC2)c1OC. The zero-order chi connectivity index (χ0) is 18.3. The van der Waals surface area contributed by atoms with E-state index in [1.165, 1.54) is 20.3 Å². The summed E-state index contributed by atoms with van der Waals surface area (Å²) in [6.45, 7) is -0.456. The number of ether oxygens (including phenoxy) is 3. The molecule has 0 radical (unpaired) electrons. The first kappa shape index (κ1) is 18.6. The van der Waals surface area contributed by atoms with Gasteiger partial charge in [-0.2, -0.15) is 5.26 Å². The summed E-state index contributed by atoms with van der Waals surface area (Å²) in [4.78, 5) is 24.3. The number of esters is 1. The minimum absolute atomic E-state index is 0.169. The van der Waals surface area contributed by atoms with Gasteiger partial charge in [0.15, 0.2) is 18.1 Å². The van der Waals surface area contributed by atoms with E-state index >= 15 is 0 Å². The van der Waals surface area contributed by atoms with Crippen LogP contribution in [0.25, 0.3) is 0 Å². The highest BCUT2D eigenvalue weighted by Crippen LogP contribution is 2.31. The van der Waals surface area contributed by atoms with Gasteiger partial charge in [0.1, 0.15) is 11.1 Å². The van der Waals surface area contributed by atoms with Crippen molar-refractivity contribution < 1.29 is 23.8 Å². The molecular weight excluding hydrogens is 324 g/mol. The largest absolute Gasteiger partial charge is 0.493 e. The lowest BCUT2D eigenvalue weighted by Crippen LogP contribution is -2.50. The van der Waals surface area contributed by atoms with Crippen LogP contribution in [0.3, 0.4) is 0 Å². The molecule has 0 spiro atoms. The number of nitriles is 1. The highest BCUT2D eigenvalue weighted by molar-refractivity contribution is 5.95. The van der Waals surface area contributed by atoms with Gasteiger partial charge in [0.2, 0.25) is 0 Å². The molecule has 0 heterocycles. The highest BCUT2D eigenvalue weighted by atomic mass is 16.5. The Morgan fingerprint density at radius 2 is 1.92 bits per heavy atom. The molecule has 1 saturated carbocycles. The second kappa shape index (κ2) is 8.38. The van der Waals surface area contributed by atoms with Crippen molar-refractivity contribution in [2.75, 3.05) is 20.8 Å². The van der Waals surface area contributed by atoms with Crippen LogP contribution in [-0.4, -0.2) is 38.2 Å². The smallest absolute Gasteiger partial charge is 0.342 e. The number of nitrogens with zero attached hydrogens (tertiary/aromatic N) is 1. The van der Waals surface area contributed by atoms with E-state index in [2.05, 4.69) is 11.4 Å². The zero-order valence-corrected chi connectivity index (χ0v) is 14.5. The zero-order valence-electron chi connectivity index (χ0n) is 14.5. The lowest BCUT2D eigenvalue weighted by Gasteiger charge is -2.31. The summed E-state index contributed by atoms with van der Waals surface area (Å²) in [5, 5.41) is 12.1. The molecule has 1 aliphatic carbocycles. The van der Waals surface area contributed by atoms with Crippen molar-refractivity contribution in [3.8, 4) is 17.6 Å². The van der Waals surface area contributed by atoms with Gasteiger partial charge in [-0.05, 0) is 25.0 Å². The van der Waals surface area contributed by atoms with Crippen molar-refractivity contribution in [2.45, 2.75) is 37.6 Å². The maximum atomic E-state index is 12.2. The molecule has 1 N–H and O–H groups in total. The normalized spacial score (nSPS) is 15.6. The van der Waals surface area contributed by atoms with Gasteiger partial charge >= 0.3 is 5.97 Å². The first-order chi connectivity index (χ1) is 12.0. The van der Waals surface area contributed by atoms with Gasteiger partial charge in [-0.1, -0.05) is 25.3 Å². The number of benzene rings is 1. The lowest BCUT2D eigenvalue weighted by molar-refractivity contribution is -0.125. The fraction of sp³-hybridized carbons (Fsp3) is 0.500. The molecule has 0 aliphatic heterocycles. The van der Waals surface area contributed by atoms with Crippen molar-refractivity contribution in [1.82, 2.24) is 5.32 Å². The van der Waals surface area contributed by atoms with E-state index in [0.717, 1.165) is 19.3 Å². The summed E-state index contributed by atoms with van der Waals surface area (Å²) < 4.78 is 15.4. The van der Waals surface area contributed by atoms with E-state index in [9.17, 15) is 14.9 Å². The molecule has 0 saturated heterocycles. The number of carbonyl (C=O) groups excluding carboxylic acids is 2. The minimum atomic E-state index is -0.852. The molecule has 0 bridgehead atoms. The predicted octanol–water partition coefficient (Wildman–Crippen LogP) is 2.20. The lowest BCUT2D eigenvalue weighted by atomic mass is 9.83. The molecule has 0 aromatic heterocycles. The van der Waals surface area contributed by atoms with Crippen LogP contribution in [0.5, 0.6) is 11.5 Å². The Balaban J connectivity index is 1.98. The molecule has 25 heavy (non-hydrogen) atoms. The van der Waals surface area contributed by atoms with Crippen LogP contribution >= 0.6 is 0 Å². The van der Waals surface area contributed by atoms with Crippen LogP contribution in [0.2, 0.25) is 0 Å². The molecular formula is C18H22N2O5. The Hall–Kier alpha value is -2.75. The van der Waals surface area contributed by atoms with E-state index in [4.69, 9.17) is 14.2 Å². The van der Waals surface area contributed by atoms with Crippen molar-refractivity contribution in [1.29, 1.82) is 5.26 Å². The molecule has 1 aromatic rings.